The van der Waals surface area contributed by atoms with Crippen molar-refractivity contribution in [3.8, 4) is 0 Å². The van der Waals surface area contributed by atoms with E-state index in [2.05, 4.69) is 27.0 Å². The summed E-state index contributed by atoms with van der Waals surface area (Å²) in [4.78, 5) is 18.6. The van der Waals surface area contributed by atoms with Crippen LogP contribution in [-0.2, 0) is 9.53 Å². The Morgan fingerprint density at radius 3 is 2.93 bits per heavy atom. The number of aromatic nitrogens is 4. The Hall–Kier alpha value is -2.26. The van der Waals surface area contributed by atoms with E-state index in [9.17, 15) is 4.79 Å². The summed E-state index contributed by atoms with van der Waals surface area (Å²) in [6.07, 6.45) is 3.30. The first-order chi connectivity index (χ1) is 13.7. The van der Waals surface area contributed by atoms with Crippen molar-refractivity contribution in [2.24, 2.45) is 0 Å². The van der Waals surface area contributed by atoms with Gasteiger partial charge in [0.2, 0.25) is 5.91 Å². The Morgan fingerprint density at radius 1 is 1.25 bits per heavy atom. The van der Waals surface area contributed by atoms with E-state index in [0.717, 1.165) is 56.4 Å². The summed E-state index contributed by atoms with van der Waals surface area (Å²) in [5, 5.41) is 13.3. The molecule has 28 heavy (non-hydrogen) atoms. The van der Waals surface area contributed by atoms with Crippen LogP contribution in [0.4, 0.5) is 5.82 Å². The minimum Gasteiger partial charge on any atom is -0.372 e. The number of nitrogens with zero attached hydrogens (tertiary/aromatic N) is 7. The van der Waals surface area contributed by atoms with Gasteiger partial charge in [0.15, 0.2) is 11.5 Å². The van der Waals surface area contributed by atoms with Crippen LogP contribution in [0.5, 0.6) is 0 Å². The molecule has 2 saturated heterocycles. The summed E-state index contributed by atoms with van der Waals surface area (Å²) in [7, 11) is 2.14. The van der Waals surface area contributed by atoms with E-state index in [1.807, 2.05) is 21.5 Å². The van der Waals surface area contributed by atoms with Crippen LogP contribution in [0.1, 0.15) is 31.0 Å². The number of likely N-dealkylation sites (N-methyl/N-ethyl adjacent to an activating group) is 1. The lowest BCUT2D eigenvalue weighted by molar-refractivity contribution is -0.134. The zero-order valence-corrected chi connectivity index (χ0v) is 16.3. The lowest BCUT2D eigenvalue weighted by atomic mass is 10.1. The summed E-state index contributed by atoms with van der Waals surface area (Å²) in [6, 6.07) is 4.53. The summed E-state index contributed by atoms with van der Waals surface area (Å²) in [5.41, 5.74) is 0.825. The largest absolute Gasteiger partial charge is 0.372 e. The number of hydrogen-bond donors (Lipinski definition) is 0. The number of amides is 1. The maximum absolute atomic E-state index is 12.0. The predicted octanol–water partition coefficient (Wildman–Crippen LogP) is 0.371. The molecule has 0 aromatic carbocycles. The van der Waals surface area contributed by atoms with Crippen LogP contribution in [0, 0.1) is 0 Å². The zero-order valence-electron chi connectivity index (χ0n) is 16.3. The molecule has 5 rings (SSSR count). The fourth-order valence-electron chi connectivity index (χ4n) is 3.91. The molecule has 0 radical (unpaired) electrons. The van der Waals surface area contributed by atoms with Crippen molar-refractivity contribution in [1.82, 2.24) is 29.6 Å². The maximum Gasteiger partial charge on any atom is 0.248 e. The molecule has 3 fully saturated rings. The van der Waals surface area contributed by atoms with E-state index in [1.54, 1.807) is 0 Å². The van der Waals surface area contributed by atoms with Crippen LogP contribution in [-0.4, -0.2) is 94.5 Å². The van der Waals surface area contributed by atoms with Gasteiger partial charge in [0.25, 0.3) is 0 Å². The smallest absolute Gasteiger partial charge is 0.248 e. The van der Waals surface area contributed by atoms with Gasteiger partial charge in [0.1, 0.15) is 12.4 Å². The Balaban J connectivity index is 1.16. The highest BCUT2D eigenvalue weighted by atomic mass is 16.5. The summed E-state index contributed by atoms with van der Waals surface area (Å²) >= 11 is 0. The van der Waals surface area contributed by atoms with E-state index in [-0.39, 0.29) is 12.5 Å². The lowest BCUT2D eigenvalue weighted by Crippen LogP contribution is -2.59. The van der Waals surface area contributed by atoms with E-state index < -0.39 is 0 Å². The third-order valence-corrected chi connectivity index (χ3v) is 6.04. The molecule has 150 valence electrons. The van der Waals surface area contributed by atoms with Crippen LogP contribution >= 0.6 is 0 Å². The van der Waals surface area contributed by atoms with Gasteiger partial charge >= 0.3 is 0 Å². The molecule has 0 spiro atoms. The first-order valence-corrected chi connectivity index (χ1v) is 10.2. The second kappa shape index (κ2) is 7.29. The molecule has 0 atom stereocenters. The van der Waals surface area contributed by atoms with Crippen LogP contribution in [0.25, 0.3) is 5.65 Å². The van der Waals surface area contributed by atoms with Gasteiger partial charge in [-0.15, -0.1) is 15.3 Å². The predicted molar refractivity (Wildman–Crippen MR) is 103 cm³/mol. The molecule has 9 nitrogen and oxygen atoms in total. The van der Waals surface area contributed by atoms with Gasteiger partial charge < -0.3 is 14.5 Å². The normalized spacial score (nSPS) is 21.4. The summed E-state index contributed by atoms with van der Waals surface area (Å²) in [6.45, 7) is 5.26. The highest BCUT2D eigenvalue weighted by Crippen LogP contribution is 2.38. The fraction of sp³-hybridized carbons (Fsp3) is 0.684. The number of carbonyl (C=O) groups is 1. The highest BCUT2D eigenvalue weighted by molar-refractivity contribution is 5.77. The topological polar surface area (TPSA) is 79.1 Å². The van der Waals surface area contributed by atoms with Crippen LogP contribution in [0.3, 0.4) is 0 Å². The van der Waals surface area contributed by atoms with Gasteiger partial charge in [-0.05, 0) is 38.4 Å². The van der Waals surface area contributed by atoms with Crippen molar-refractivity contribution < 1.29 is 9.53 Å². The van der Waals surface area contributed by atoms with Gasteiger partial charge in [0, 0.05) is 51.3 Å². The average Bonchev–Trinajstić information content (AvgIpc) is 3.44. The molecule has 9 heteroatoms. The second-order valence-corrected chi connectivity index (χ2v) is 8.12. The number of hydrogen-bond acceptors (Lipinski definition) is 7. The van der Waals surface area contributed by atoms with Crippen molar-refractivity contribution in [3.63, 3.8) is 0 Å². The van der Waals surface area contributed by atoms with Crippen molar-refractivity contribution in [3.05, 3.63) is 18.0 Å². The number of rotatable bonds is 6. The maximum atomic E-state index is 12.0. The second-order valence-electron chi connectivity index (χ2n) is 8.12. The van der Waals surface area contributed by atoms with E-state index >= 15 is 0 Å². The molecule has 2 aliphatic heterocycles. The molecular weight excluding hydrogens is 358 g/mol. The van der Waals surface area contributed by atoms with E-state index in [1.165, 1.54) is 12.8 Å². The molecule has 0 unspecified atom stereocenters. The van der Waals surface area contributed by atoms with Crippen molar-refractivity contribution in [1.29, 1.82) is 0 Å². The number of carbonyl (C=O) groups excluding carboxylic acids is 1. The van der Waals surface area contributed by atoms with Crippen molar-refractivity contribution >= 4 is 17.4 Å². The molecule has 0 N–H and O–H groups in total. The van der Waals surface area contributed by atoms with Crippen molar-refractivity contribution in [2.75, 3.05) is 57.9 Å². The third kappa shape index (κ3) is 3.44. The third-order valence-electron chi connectivity index (χ3n) is 6.04. The molecular formula is C19H27N7O2. The Bertz CT molecular complexity index is 859. The standard InChI is InChI=1S/C19H27N7O2/c1-23(8-9-24-7-2-10-28-13-18(24)27)15-11-25(12-15)17-6-5-16-20-21-19(14-3-4-14)26(16)22-17/h5-6,14-15H,2-4,7-13H2,1H3. The number of fused-ring (bicyclic) bond motifs is 1. The van der Waals surface area contributed by atoms with Gasteiger partial charge in [-0.2, -0.15) is 4.52 Å². The van der Waals surface area contributed by atoms with Crippen LogP contribution < -0.4 is 4.90 Å². The number of anilines is 1. The van der Waals surface area contributed by atoms with Gasteiger partial charge in [-0.3, -0.25) is 9.69 Å². The summed E-state index contributed by atoms with van der Waals surface area (Å²) in [5.74, 6) is 2.62. The van der Waals surface area contributed by atoms with Crippen LogP contribution in [0.2, 0.25) is 0 Å². The molecule has 1 saturated carbocycles. The lowest BCUT2D eigenvalue weighted by Gasteiger charge is -2.45. The van der Waals surface area contributed by atoms with Crippen LogP contribution in [0.15, 0.2) is 12.1 Å². The summed E-state index contributed by atoms with van der Waals surface area (Å²) < 4.78 is 7.22. The minimum absolute atomic E-state index is 0.110. The SMILES string of the molecule is CN(CCN1CCCOCC1=O)C1CN(c2ccc3nnc(C4CC4)n3n2)C1. The van der Waals surface area contributed by atoms with E-state index in [4.69, 9.17) is 9.84 Å². The molecule has 4 heterocycles. The van der Waals surface area contributed by atoms with Gasteiger partial charge in [-0.1, -0.05) is 0 Å². The molecule has 2 aromatic heterocycles. The highest BCUT2D eigenvalue weighted by Gasteiger charge is 2.33. The molecule has 2 aromatic rings. The quantitative estimate of drug-likeness (QED) is 0.711. The zero-order chi connectivity index (χ0) is 19.1. The monoisotopic (exact) mass is 385 g/mol. The minimum atomic E-state index is 0.110. The first kappa shape index (κ1) is 17.8. The first-order valence-electron chi connectivity index (χ1n) is 10.2. The Kier molecular flexibility index (Phi) is 4.64. The van der Waals surface area contributed by atoms with Gasteiger partial charge in [0.05, 0.1) is 0 Å². The Morgan fingerprint density at radius 2 is 2.11 bits per heavy atom. The molecule has 1 amide bonds. The molecule has 1 aliphatic carbocycles. The number of ether oxygens (including phenoxy) is 1. The Labute approximate surface area is 164 Å². The fourth-order valence-corrected chi connectivity index (χ4v) is 3.91. The average molecular weight is 385 g/mol. The van der Waals surface area contributed by atoms with Crippen molar-refractivity contribution in [2.45, 2.75) is 31.2 Å². The molecule has 3 aliphatic rings. The molecule has 0 bridgehead atoms. The van der Waals surface area contributed by atoms with E-state index in [0.29, 0.717) is 18.6 Å². The van der Waals surface area contributed by atoms with Gasteiger partial charge in [-0.25, -0.2) is 0 Å².